The summed E-state index contributed by atoms with van der Waals surface area (Å²) in [6.07, 6.45) is 2.83. The fraction of sp³-hybridized carbons (Fsp3) is 0.583. The number of rotatable bonds is 6. The van der Waals surface area contributed by atoms with Gasteiger partial charge in [0.2, 0.25) is 0 Å². The highest BCUT2D eigenvalue weighted by Gasteiger charge is 2.46. The van der Waals surface area contributed by atoms with Gasteiger partial charge in [-0.25, -0.2) is 0 Å². The van der Waals surface area contributed by atoms with E-state index in [-0.39, 0.29) is 5.97 Å². The second-order valence-corrected chi connectivity index (χ2v) is 4.39. The minimum Gasteiger partial charge on any atom is -0.468 e. The van der Waals surface area contributed by atoms with Gasteiger partial charge in [0.1, 0.15) is 5.41 Å². The molecule has 5 nitrogen and oxygen atoms in total. The maximum atomic E-state index is 11.6. The van der Waals surface area contributed by atoms with Crippen molar-refractivity contribution >= 4 is 5.97 Å². The molecule has 2 N–H and O–H groups in total. The lowest BCUT2D eigenvalue weighted by Crippen LogP contribution is -2.55. The standard InChI is InChI=1S/C12H18N2O3/c1-16-11(15)12(8-17-9-12)7-13-6-4-10-3-2-5-14-10/h2-3,5,13-14H,4,6-9H2,1H3. The molecule has 0 bridgehead atoms. The molecule has 0 amide bonds. The second kappa shape index (κ2) is 5.33. The Morgan fingerprint density at radius 3 is 3.00 bits per heavy atom. The van der Waals surface area contributed by atoms with Crippen LogP contribution in [0.2, 0.25) is 0 Å². The van der Waals surface area contributed by atoms with Crippen molar-refractivity contribution in [2.75, 3.05) is 33.4 Å². The first-order chi connectivity index (χ1) is 8.27. The van der Waals surface area contributed by atoms with Crippen molar-refractivity contribution in [1.82, 2.24) is 10.3 Å². The number of aromatic amines is 1. The Bertz CT molecular complexity index is 358. The first kappa shape index (κ1) is 12.1. The number of ether oxygens (including phenoxy) is 2. The first-order valence-electron chi connectivity index (χ1n) is 5.76. The zero-order valence-corrected chi connectivity index (χ0v) is 9.99. The van der Waals surface area contributed by atoms with Crippen LogP contribution in [0, 0.1) is 5.41 Å². The van der Waals surface area contributed by atoms with Gasteiger partial charge in [0.25, 0.3) is 0 Å². The summed E-state index contributed by atoms with van der Waals surface area (Å²) in [4.78, 5) is 14.7. The Balaban J connectivity index is 1.72. The predicted molar refractivity (Wildman–Crippen MR) is 62.6 cm³/mol. The molecule has 17 heavy (non-hydrogen) atoms. The van der Waals surface area contributed by atoms with E-state index in [1.807, 2.05) is 18.3 Å². The third-order valence-electron chi connectivity index (χ3n) is 3.07. The Morgan fingerprint density at radius 1 is 1.65 bits per heavy atom. The number of hydrogen-bond donors (Lipinski definition) is 2. The smallest absolute Gasteiger partial charge is 0.317 e. The molecule has 0 radical (unpaired) electrons. The predicted octanol–water partition coefficient (Wildman–Crippen LogP) is 0.336. The maximum Gasteiger partial charge on any atom is 0.317 e. The number of carbonyl (C=O) groups excluding carboxylic acids is 1. The van der Waals surface area contributed by atoms with Gasteiger partial charge in [-0.3, -0.25) is 4.79 Å². The van der Waals surface area contributed by atoms with Gasteiger partial charge in [-0.2, -0.15) is 0 Å². The van der Waals surface area contributed by atoms with E-state index in [9.17, 15) is 4.79 Å². The van der Waals surface area contributed by atoms with Gasteiger partial charge >= 0.3 is 5.97 Å². The zero-order chi connectivity index (χ0) is 12.1. The molecule has 1 fully saturated rings. The molecular formula is C12H18N2O3. The molecule has 1 aliphatic rings. The molecule has 1 saturated heterocycles. The van der Waals surface area contributed by atoms with E-state index in [1.165, 1.54) is 12.8 Å². The topological polar surface area (TPSA) is 63.3 Å². The Hall–Kier alpha value is -1.33. The van der Waals surface area contributed by atoms with Crippen LogP contribution in [-0.2, 0) is 20.7 Å². The van der Waals surface area contributed by atoms with Crippen LogP contribution in [0.15, 0.2) is 18.3 Å². The Morgan fingerprint density at radius 2 is 2.47 bits per heavy atom. The van der Waals surface area contributed by atoms with Crippen LogP contribution in [0.25, 0.3) is 0 Å². The summed E-state index contributed by atoms with van der Waals surface area (Å²) in [5.41, 5.74) is 0.722. The molecule has 5 heteroatoms. The number of carbonyl (C=O) groups is 1. The quantitative estimate of drug-likeness (QED) is 0.554. The number of methoxy groups -OCH3 is 1. The van der Waals surface area contributed by atoms with Crippen molar-refractivity contribution in [2.24, 2.45) is 5.41 Å². The van der Waals surface area contributed by atoms with E-state index in [2.05, 4.69) is 10.3 Å². The first-order valence-corrected chi connectivity index (χ1v) is 5.76. The van der Waals surface area contributed by atoms with E-state index in [0.717, 1.165) is 13.0 Å². The highest BCUT2D eigenvalue weighted by atomic mass is 16.5. The van der Waals surface area contributed by atoms with Gasteiger partial charge in [-0.05, 0) is 18.6 Å². The van der Waals surface area contributed by atoms with Gasteiger partial charge < -0.3 is 19.8 Å². The number of hydrogen-bond acceptors (Lipinski definition) is 4. The average molecular weight is 238 g/mol. The molecule has 2 rings (SSSR count). The average Bonchev–Trinajstić information content (AvgIpc) is 2.79. The molecular weight excluding hydrogens is 220 g/mol. The summed E-state index contributed by atoms with van der Waals surface area (Å²) in [6, 6.07) is 4.02. The fourth-order valence-electron chi connectivity index (χ4n) is 1.93. The molecule has 0 saturated carbocycles. The molecule has 1 aromatic heterocycles. The van der Waals surface area contributed by atoms with E-state index >= 15 is 0 Å². The normalized spacial score (nSPS) is 17.5. The lowest BCUT2D eigenvalue weighted by atomic mass is 9.86. The van der Waals surface area contributed by atoms with Crippen LogP contribution in [0.3, 0.4) is 0 Å². The molecule has 94 valence electrons. The summed E-state index contributed by atoms with van der Waals surface area (Å²) in [6.45, 7) is 2.35. The van der Waals surface area contributed by atoms with Gasteiger partial charge in [-0.15, -0.1) is 0 Å². The Kier molecular flexibility index (Phi) is 3.81. The fourth-order valence-corrected chi connectivity index (χ4v) is 1.93. The lowest BCUT2D eigenvalue weighted by Gasteiger charge is -2.38. The summed E-state index contributed by atoms with van der Waals surface area (Å²) in [5, 5.41) is 3.28. The zero-order valence-electron chi connectivity index (χ0n) is 9.99. The number of H-pyrrole nitrogens is 1. The van der Waals surface area contributed by atoms with Crippen molar-refractivity contribution in [1.29, 1.82) is 0 Å². The Labute approximate surface area is 100 Å². The highest BCUT2D eigenvalue weighted by Crippen LogP contribution is 2.27. The maximum absolute atomic E-state index is 11.6. The van der Waals surface area contributed by atoms with Crippen LogP contribution in [0.4, 0.5) is 0 Å². The third-order valence-corrected chi connectivity index (χ3v) is 3.07. The monoisotopic (exact) mass is 238 g/mol. The van der Waals surface area contributed by atoms with E-state index < -0.39 is 5.41 Å². The van der Waals surface area contributed by atoms with Gasteiger partial charge in [0, 0.05) is 25.0 Å². The highest BCUT2D eigenvalue weighted by molar-refractivity contribution is 5.78. The van der Waals surface area contributed by atoms with Gasteiger partial charge in [0.15, 0.2) is 0 Å². The van der Waals surface area contributed by atoms with Crippen LogP contribution in [0.1, 0.15) is 5.69 Å². The number of nitrogens with one attached hydrogen (secondary N) is 2. The van der Waals surface area contributed by atoms with Gasteiger partial charge in [-0.1, -0.05) is 0 Å². The second-order valence-electron chi connectivity index (χ2n) is 4.39. The van der Waals surface area contributed by atoms with E-state index in [1.54, 1.807) is 0 Å². The molecule has 0 aliphatic carbocycles. The molecule has 0 unspecified atom stereocenters. The van der Waals surface area contributed by atoms with Crippen molar-refractivity contribution in [3.05, 3.63) is 24.0 Å². The largest absolute Gasteiger partial charge is 0.468 e. The summed E-state index contributed by atoms with van der Waals surface area (Å²) in [5.74, 6) is -0.184. The molecule has 0 aromatic carbocycles. The summed E-state index contributed by atoms with van der Waals surface area (Å²) in [7, 11) is 1.42. The van der Waals surface area contributed by atoms with Crippen molar-refractivity contribution < 1.29 is 14.3 Å². The summed E-state index contributed by atoms with van der Waals surface area (Å²) >= 11 is 0. The minimum atomic E-state index is -0.468. The van der Waals surface area contributed by atoms with Crippen LogP contribution in [-0.4, -0.2) is 44.4 Å². The number of aromatic nitrogens is 1. The summed E-state index contributed by atoms with van der Waals surface area (Å²) < 4.78 is 9.91. The molecule has 2 heterocycles. The third kappa shape index (κ3) is 2.68. The van der Waals surface area contributed by atoms with Gasteiger partial charge in [0.05, 0.1) is 20.3 Å². The van der Waals surface area contributed by atoms with Crippen molar-refractivity contribution in [2.45, 2.75) is 6.42 Å². The molecule has 1 aliphatic heterocycles. The van der Waals surface area contributed by atoms with Crippen LogP contribution >= 0.6 is 0 Å². The van der Waals surface area contributed by atoms with Crippen molar-refractivity contribution in [3.8, 4) is 0 Å². The minimum absolute atomic E-state index is 0.184. The molecule has 1 aromatic rings. The van der Waals surface area contributed by atoms with Crippen LogP contribution < -0.4 is 5.32 Å². The van der Waals surface area contributed by atoms with E-state index in [0.29, 0.717) is 19.8 Å². The SMILES string of the molecule is COC(=O)C1(CNCCc2ccc[nH]2)COC1. The molecule has 0 spiro atoms. The lowest BCUT2D eigenvalue weighted by molar-refractivity contribution is -0.182. The molecule has 0 atom stereocenters. The van der Waals surface area contributed by atoms with Crippen molar-refractivity contribution in [3.63, 3.8) is 0 Å². The van der Waals surface area contributed by atoms with E-state index in [4.69, 9.17) is 9.47 Å². The van der Waals surface area contributed by atoms with Crippen LogP contribution in [0.5, 0.6) is 0 Å². The number of esters is 1.